The van der Waals surface area contributed by atoms with E-state index in [1.165, 1.54) is 14.2 Å². The Balaban J connectivity index is 0.000000247. The third kappa shape index (κ3) is 19.9. The second-order valence-corrected chi connectivity index (χ2v) is 23.2. The normalized spacial score (nSPS) is 14.1. The molecule has 2 aliphatic carbocycles. The third-order valence-electron chi connectivity index (χ3n) is 15.5. The van der Waals surface area contributed by atoms with Gasteiger partial charge in [0, 0.05) is 41.9 Å². The summed E-state index contributed by atoms with van der Waals surface area (Å²) in [7, 11) is 5.70. The summed E-state index contributed by atoms with van der Waals surface area (Å²) in [6.07, 6.45) is 8.06. The topological polar surface area (TPSA) is 260 Å². The first-order chi connectivity index (χ1) is 42.7. The number of carbonyl (C=O) groups excluding carboxylic acids is 8. The predicted octanol–water partition coefficient (Wildman–Crippen LogP) is 12.3. The van der Waals surface area contributed by atoms with Gasteiger partial charge in [0.05, 0.1) is 70.5 Å². The number of nitrogens with two attached hydrogens (primary N) is 1. The zero-order chi connectivity index (χ0) is 64.7. The molecule has 0 aliphatic heterocycles. The first kappa shape index (κ1) is 70.4. The molecule has 0 bridgehead atoms. The van der Waals surface area contributed by atoms with Crippen molar-refractivity contribution in [3.63, 3.8) is 0 Å². The average molecular weight is 1320 g/mol. The Morgan fingerprint density at radius 3 is 1.18 bits per heavy atom. The summed E-state index contributed by atoms with van der Waals surface area (Å²) in [6, 6.07) is 35.2. The maximum absolute atomic E-state index is 13.7. The van der Waals surface area contributed by atoms with E-state index in [0.29, 0.717) is 72.8 Å². The molecule has 2 saturated carbocycles. The van der Waals surface area contributed by atoms with Gasteiger partial charge in [0.15, 0.2) is 0 Å². The summed E-state index contributed by atoms with van der Waals surface area (Å²) in [6.45, 7) is 0.733. The van der Waals surface area contributed by atoms with Gasteiger partial charge in [0.2, 0.25) is 11.8 Å². The number of nitrogens with one attached hydrogen (secondary N) is 5. The van der Waals surface area contributed by atoms with Crippen LogP contribution in [-0.2, 0) is 41.5 Å². The van der Waals surface area contributed by atoms with Gasteiger partial charge in [0.25, 0.3) is 23.0 Å². The monoisotopic (exact) mass is 1310 g/mol. The fraction of sp³-hybridized carbons (Fsp3) is 0.333. The van der Waals surface area contributed by atoms with E-state index < -0.39 is 51.9 Å². The summed E-state index contributed by atoms with van der Waals surface area (Å²) < 4.78 is 20.0. The quantitative estimate of drug-likeness (QED) is 0.0258. The zero-order valence-electron chi connectivity index (χ0n) is 49.6. The van der Waals surface area contributed by atoms with E-state index in [4.69, 9.17) is 82.7 Å². The smallest absolute Gasteiger partial charge is 0.328 e. The van der Waals surface area contributed by atoms with Crippen molar-refractivity contribution in [2.45, 2.75) is 89.1 Å². The minimum absolute atomic E-state index is 0.147. The van der Waals surface area contributed by atoms with Gasteiger partial charge in [-0.2, -0.15) is 0 Å². The van der Waals surface area contributed by atoms with E-state index in [0.717, 1.165) is 49.7 Å². The van der Waals surface area contributed by atoms with Gasteiger partial charge >= 0.3 is 11.9 Å². The highest BCUT2D eigenvalue weighted by Crippen LogP contribution is 2.42. The van der Waals surface area contributed by atoms with Gasteiger partial charge < -0.3 is 51.3 Å². The molecule has 2 fully saturated rings. The fourth-order valence-corrected chi connectivity index (χ4v) is 11.8. The molecule has 5 amide bonds. The van der Waals surface area contributed by atoms with Crippen molar-refractivity contribution in [2.75, 3.05) is 52.2 Å². The summed E-state index contributed by atoms with van der Waals surface area (Å²) in [5.74, 6) is -1.19. The first-order valence-electron chi connectivity index (χ1n) is 28.6. The lowest BCUT2D eigenvalue weighted by Gasteiger charge is -2.30. The number of benzene rings is 6. The molecule has 472 valence electrons. The van der Waals surface area contributed by atoms with Crippen molar-refractivity contribution >= 4 is 116 Å². The summed E-state index contributed by atoms with van der Waals surface area (Å²) in [5, 5.41) is 14.8. The van der Waals surface area contributed by atoms with Crippen molar-refractivity contribution in [2.24, 2.45) is 16.6 Å². The van der Waals surface area contributed by atoms with Gasteiger partial charge in [-0.3, -0.25) is 28.8 Å². The van der Waals surface area contributed by atoms with Crippen LogP contribution in [0.5, 0.6) is 11.5 Å². The van der Waals surface area contributed by atoms with Crippen LogP contribution in [0.2, 0.25) is 20.1 Å². The molecule has 23 heteroatoms. The van der Waals surface area contributed by atoms with Crippen LogP contribution in [0.15, 0.2) is 133 Å². The van der Waals surface area contributed by atoms with Crippen molar-refractivity contribution in [3.8, 4) is 11.5 Å². The molecule has 2 aliphatic rings. The molecule has 7 N–H and O–H groups in total. The largest absolute Gasteiger partial charge is 0.497 e. The molecule has 6 aromatic rings. The molecule has 8 rings (SSSR count). The van der Waals surface area contributed by atoms with E-state index in [1.807, 2.05) is 0 Å². The van der Waals surface area contributed by atoms with Crippen molar-refractivity contribution < 1.29 is 57.3 Å². The molecule has 0 spiro atoms. The van der Waals surface area contributed by atoms with Gasteiger partial charge in [0.1, 0.15) is 23.6 Å². The highest BCUT2D eigenvalue weighted by atomic mass is 35.5. The fourth-order valence-electron chi connectivity index (χ4n) is 10.6. The number of ether oxygens (including phenoxy) is 4. The molecule has 6 aromatic carbocycles. The number of amides is 5. The van der Waals surface area contributed by atoms with Crippen LogP contribution in [0.1, 0.15) is 117 Å². The van der Waals surface area contributed by atoms with Crippen LogP contribution in [-0.4, -0.2) is 100 Å². The van der Waals surface area contributed by atoms with Gasteiger partial charge in [-0.05, 0) is 165 Å². The third-order valence-corrected chi connectivity index (χ3v) is 17.0. The lowest BCUT2D eigenvalue weighted by molar-refractivity contribution is -0.147. The Morgan fingerprint density at radius 1 is 0.483 bits per heavy atom. The molecule has 0 aromatic heterocycles. The minimum Gasteiger partial charge on any atom is -0.497 e. The van der Waals surface area contributed by atoms with E-state index in [9.17, 15) is 38.4 Å². The molecule has 0 radical (unpaired) electrons. The minimum atomic E-state index is -0.916. The summed E-state index contributed by atoms with van der Waals surface area (Å²) in [5.41, 5.74) is 8.48. The van der Waals surface area contributed by atoms with E-state index in [2.05, 4.69) is 26.6 Å². The van der Waals surface area contributed by atoms with Crippen molar-refractivity contribution in [1.29, 1.82) is 0 Å². The standard InChI is InChI=1S/C33H35Cl2N3O6.C25H29Cl2N3O4.C8H7ClO2/c1-43-24-14-10-22(11-15-24)29(39)36-19-18-33(16-3-4-17-33)32(42)38-27(31(41)44-2)20-21-8-12-23(13-9-21)37-30(40)28-25(34)6-5-7-26(28)35;1-34-23(32)20(30-24(33)25(13-14-28)11-2-3-12-25)15-16-7-9-17(10-8-16)29-22(31)21-18(26)5-4-6-19(21)27;1-11-7-4-2-6(3-5-7)8(9)10/h5-15,27H,3-4,16-20H2,1-2H3,(H,36,39)(H,37,40)(H,38,42);4-10,20H,2-3,11-15,28H2,1H3,(H,29,31)(H,30,33);2-5H,1H3/t27-;20-;/m00./s1. The van der Waals surface area contributed by atoms with E-state index in [1.54, 1.807) is 148 Å². The zero-order valence-corrected chi connectivity index (χ0v) is 53.4. The number of methoxy groups -OCH3 is 4. The maximum Gasteiger partial charge on any atom is 0.328 e. The lowest BCUT2D eigenvalue weighted by Crippen LogP contribution is -2.50. The Morgan fingerprint density at radius 2 is 0.843 bits per heavy atom. The Hall–Kier alpha value is -7.71. The number of anilines is 2. The Kier molecular flexibility index (Phi) is 27.1. The van der Waals surface area contributed by atoms with Crippen molar-refractivity contribution in [1.82, 2.24) is 16.0 Å². The molecular formula is C66H71Cl5N6O12. The van der Waals surface area contributed by atoms with Crippen LogP contribution < -0.4 is 41.8 Å². The second-order valence-electron chi connectivity index (χ2n) is 21.3. The predicted molar refractivity (Wildman–Crippen MR) is 346 cm³/mol. The van der Waals surface area contributed by atoms with Crippen LogP contribution in [0.3, 0.4) is 0 Å². The average Bonchev–Trinajstić information content (AvgIpc) is 3.41. The number of halogens is 5. The highest BCUT2D eigenvalue weighted by molar-refractivity contribution is 6.67. The summed E-state index contributed by atoms with van der Waals surface area (Å²) in [4.78, 5) is 100. The van der Waals surface area contributed by atoms with Gasteiger partial charge in [-0.25, -0.2) is 9.59 Å². The number of hydrogen-bond donors (Lipinski definition) is 6. The number of esters is 2. The maximum atomic E-state index is 13.7. The molecule has 0 saturated heterocycles. The van der Waals surface area contributed by atoms with Crippen molar-refractivity contribution in [3.05, 3.63) is 187 Å². The lowest BCUT2D eigenvalue weighted by atomic mass is 9.81. The second kappa shape index (κ2) is 34.3. The number of hydrogen-bond acceptors (Lipinski definition) is 13. The Bertz CT molecular complexity index is 3380. The Labute approximate surface area is 542 Å². The van der Waals surface area contributed by atoms with Crippen LogP contribution in [0.4, 0.5) is 11.4 Å². The van der Waals surface area contributed by atoms with E-state index >= 15 is 0 Å². The number of rotatable bonds is 23. The molecule has 18 nitrogen and oxygen atoms in total. The molecule has 0 unspecified atom stereocenters. The van der Waals surface area contributed by atoms with Crippen LogP contribution in [0.25, 0.3) is 0 Å². The molecule has 89 heavy (non-hydrogen) atoms. The van der Waals surface area contributed by atoms with Crippen LogP contribution in [0, 0.1) is 10.8 Å². The summed E-state index contributed by atoms with van der Waals surface area (Å²) >= 11 is 29.7. The molecule has 2 atom stereocenters. The number of carbonyl (C=O) groups is 8. The van der Waals surface area contributed by atoms with Crippen LogP contribution >= 0.6 is 58.0 Å². The first-order valence-corrected chi connectivity index (χ1v) is 30.5. The molecule has 0 heterocycles. The van der Waals surface area contributed by atoms with Gasteiger partial charge in [-0.15, -0.1) is 0 Å². The van der Waals surface area contributed by atoms with Gasteiger partial charge in [-0.1, -0.05) is 108 Å². The molecular weight excluding hydrogens is 1250 g/mol. The van der Waals surface area contributed by atoms with E-state index in [-0.39, 0.29) is 61.8 Å². The SMILES string of the molecule is COC(=O)[C@H](Cc1ccc(NC(=O)c2c(Cl)cccc2Cl)cc1)NC(=O)C1(CCN)CCCC1.COC(=O)[C@H](Cc1ccc(NC(=O)c2c(Cl)cccc2Cl)cc1)NC(=O)C1(CCNC(=O)c2ccc(OC)cc2)CCCC1.COc1ccc(C(=O)Cl)cc1. The highest BCUT2D eigenvalue weighted by Gasteiger charge is 2.43.